The molecule has 0 amide bonds. The molecule has 0 aromatic heterocycles. The summed E-state index contributed by atoms with van der Waals surface area (Å²) in [7, 11) is 3.29. The lowest BCUT2D eigenvalue weighted by molar-refractivity contribution is 0.311. The van der Waals surface area contributed by atoms with Gasteiger partial charge in [0.1, 0.15) is 5.82 Å². The van der Waals surface area contributed by atoms with Crippen molar-refractivity contribution in [3.05, 3.63) is 53.8 Å². The maximum atomic E-state index is 12.9. The first kappa shape index (κ1) is 21.0. The maximum Gasteiger partial charge on any atom is 0.195 e. The van der Waals surface area contributed by atoms with Gasteiger partial charge < -0.3 is 20.1 Å². The molecule has 0 saturated heterocycles. The molecule has 0 aliphatic heterocycles. The molecule has 0 heterocycles. The van der Waals surface area contributed by atoms with Gasteiger partial charge in [0.15, 0.2) is 17.5 Å². The fraction of sp³-hybridized carbons (Fsp3) is 0.278. The van der Waals surface area contributed by atoms with Crippen molar-refractivity contribution < 1.29 is 13.9 Å². The van der Waals surface area contributed by atoms with Gasteiger partial charge in [-0.2, -0.15) is 0 Å². The molecule has 0 saturated carbocycles. The van der Waals surface area contributed by atoms with Gasteiger partial charge in [0.25, 0.3) is 0 Å². The number of guanidine groups is 1. The van der Waals surface area contributed by atoms with Gasteiger partial charge in [0.2, 0.25) is 0 Å². The number of ether oxygens (including phenoxy) is 2. The van der Waals surface area contributed by atoms with Gasteiger partial charge in [0, 0.05) is 25.3 Å². The van der Waals surface area contributed by atoms with Crippen LogP contribution in [0.1, 0.15) is 12.5 Å². The molecule has 0 unspecified atom stereocenters. The van der Waals surface area contributed by atoms with Crippen molar-refractivity contribution in [2.75, 3.05) is 26.1 Å². The maximum absolute atomic E-state index is 12.9. The minimum atomic E-state index is -0.247. The Bertz CT molecular complexity index is 693. The van der Waals surface area contributed by atoms with Crippen molar-refractivity contribution in [3.63, 3.8) is 0 Å². The van der Waals surface area contributed by atoms with Crippen LogP contribution in [-0.2, 0) is 6.54 Å². The van der Waals surface area contributed by atoms with E-state index < -0.39 is 0 Å². The first-order chi connectivity index (χ1) is 11.7. The summed E-state index contributed by atoms with van der Waals surface area (Å²) in [5.41, 5.74) is 1.79. The highest BCUT2D eigenvalue weighted by Crippen LogP contribution is 2.30. The molecule has 5 nitrogen and oxygen atoms in total. The zero-order valence-corrected chi connectivity index (χ0v) is 16.8. The fourth-order valence-electron chi connectivity index (χ4n) is 2.13. The molecule has 2 rings (SSSR count). The van der Waals surface area contributed by atoms with Gasteiger partial charge >= 0.3 is 0 Å². The summed E-state index contributed by atoms with van der Waals surface area (Å²) in [4.78, 5) is 4.18. The normalized spacial score (nSPS) is 10.6. The van der Waals surface area contributed by atoms with Crippen LogP contribution in [0.25, 0.3) is 0 Å². The Morgan fingerprint density at radius 1 is 1.12 bits per heavy atom. The Balaban J connectivity index is 0.00000312. The van der Waals surface area contributed by atoms with E-state index in [1.807, 2.05) is 25.1 Å². The molecule has 0 aliphatic carbocycles. The predicted octanol–water partition coefficient (Wildman–Crippen LogP) is 4.04. The smallest absolute Gasteiger partial charge is 0.195 e. The van der Waals surface area contributed by atoms with Crippen LogP contribution in [0.3, 0.4) is 0 Å². The molecular formula is C18H23FIN3O2. The Morgan fingerprint density at radius 3 is 2.44 bits per heavy atom. The van der Waals surface area contributed by atoms with E-state index in [0.29, 0.717) is 30.6 Å². The van der Waals surface area contributed by atoms with E-state index >= 15 is 0 Å². The van der Waals surface area contributed by atoms with Crippen molar-refractivity contribution in [2.45, 2.75) is 13.5 Å². The lowest BCUT2D eigenvalue weighted by Crippen LogP contribution is -2.30. The Hall–Kier alpha value is -2.03. The summed E-state index contributed by atoms with van der Waals surface area (Å²) < 4.78 is 23.8. The summed E-state index contributed by atoms with van der Waals surface area (Å²) in [6, 6.07) is 11.9. The highest BCUT2D eigenvalue weighted by Gasteiger charge is 2.07. The molecule has 0 fully saturated rings. The summed E-state index contributed by atoms with van der Waals surface area (Å²) in [5, 5.41) is 6.37. The average Bonchev–Trinajstić information content (AvgIpc) is 2.60. The number of methoxy groups -OCH3 is 1. The first-order valence-corrected chi connectivity index (χ1v) is 7.69. The van der Waals surface area contributed by atoms with E-state index in [4.69, 9.17) is 9.47 Å². The Kier molecular flexibility index (Phi) is 9.04. The van der Waals surface area contributed by atoms with Crippen molar-refractivity contribution in [1.29, 1.82) is 0 Å². The highest BCUT2D eigenvalue weighted by atomic mass is 127. The minimum Gasteiger partial charge on any atom is -0.493 e. The molecule has 0 bridgehead atoms. The lowest BCUT2D eigenvalue weighted by Gasteiger charge is -2.14. The summed E-state index contributed by atoms with van der Waals surface area (Å²) in [6.45, 7) is 3.01. The second-order valence-electron chi connectivity index (χ2n) is 4.98. The van der Waals surface area contributed by atoms with Gasteiger partial charge in [0.05, 0.1) is 13.7 Å². The predicted molar refractivity (Wildman–Crippen MR) is 110 cm³/mol. The molecule has 136 valence electrons. The second kappa shape index (κ2) is 10.8. The van der Waals surface area contributed by atoms with Gasteiger partial charge in [-0.3, -0.25) is 4.99 Å². The van der Waals surface area contributed by atoms with Crippen LogP contribution in [0.4, 0.5) is 10.1 Å². The molecule has 0 atom stereocenters. The summed E-state index contributed by atoms with van der Waals surface area (Å²) >= 11 is 0. The molecule has 0 aliphatic rings. The van der Waals surface area contributed by atoms with Crippen molar-refractivity contribution in [2.24, 2.45) is 4.99 Å². The van der Waals surface area contributed by atoms with Crippen LogP contribution in [0, 0.1) is 5.82 Å². The standard InChI is InChI=1S/C18H22FN3O2.HI/c1-4-24-17-11-15(9-10-16(17)23-3)22-18(20-2)21-12-13-5-7-14(19)8-6-13;/h5-11H,4,12H2,1-3H3,(H2,20,21,22);1H. The third kappa shape index (κ3) is 6.41. The quantitative estimate of drug-likeness (QED) is 0.389. The van der Waals surface area contributed by atoms with Crippen LogP contribution < -0.4 is 20.1 Å². The molecule has 2 N–H and O–H groups in total. The molecule has 2 aromatic rings. The van der Waals surface area contributed by atoms with Gasteiger partial charge in [-0.25, -0.2) is 4.39 Å². The third-order valence-corrected chi connectivity index (χ3v) is 3.32. The zero-order chi connectivity index (χ0) is 17.4. The van der Waals surface area contributed by atoms with Crippen molar-refractivity contribution in [3.8, 4) is 11.5 Å². The first-order valence-electron chi connectivity index (χ1n) is 7.69. The van der Waals surface area contributed by atoms with Crippen LogP contribution in [0.15, 0.2) is 47.5 Å². The largest absolute Gasteiger partial charge is 0.493 e. The monoisotopic (exact) mass is 459 g/mol. The van der Waals surface area contributed by atoms with Crippen molar-refractivity contribution >= 4 is 35.6 Å². The number of halogens is 2. The van der Waals surface area contributed by atoms with E-state index in [9.17, 15) is 4.39 Å². The average molecular weight is 459 g/mol. The number of anilines is 1. The molecule has 0 radical (unpaired) electrons. The van der Waals surface area contributed by atoms with E-state index in [1.54, 1.807) is 26.3 Å². The molecular weight excluding hydrogens is 436 g/mol. The SMILES string of the molecule is CCOc1cc(NC(=NC)NCc2ccc(F)cc2)ccc1OC.I. The second-order valence-corrected chi connectivity index (χ2v) is 4.98. The number of nitrogens with one attached hydrogen (secondary N) is 2. The number of benzene rings is 2. The number of hydrogen-bond donors (Lipinski definition) is 2. The van der Waals surface area contributed by atoms with Crippen LogP contribution in [0.2, 0.25) is 0 Å². The molecule has 7 heteroatoms. The lowest BCUT2D eigenvalue weighted by atomic mass is 10.2. The van der Waals surface area contributed by atoms with Gasteiger partial charge in [-0.05, 0) is 36.8 Å². The van der Waals surface area contributed by atoms with E-state index in [2.05, 4.69) is 15.6 Å². The Morgan fingerprint density at radius 2 is 1.84 bits per heavy atom. The number of hydrogen-bond acceptors (Lipinski definition) is 3. The van der Waals surface area contributed by atoms with Crippen LogP contribution in [0.5, 0.6) is 11.5 Å². The van der Waals surface area contributed by atoms with Crippen LogP contribution >= 0.6 is 24.0 Å². The molecule has 2 aromatic carbocycles. The number of nitrogens with zero attached hydrogens (tertiary/aromatic N) is 1. The van der Waals surface area contributed by atoms with Gasteiger partial charge in [-0.15, -0.1) is 24.0 Å². The summed E-state index contributed by atoms with van der Waals surface area (Å²) in [5.74, 6) is 1.70. The topological polar surface area (TPSA) is 54.9 Å². The third-order valence-electron chi connectivity index (χ3n) is 3.32. The summed E-state index contributed by atoms with van der Waals surface area (Å²) in [6.07, 6.45) is 0. The molecule has 0 spiro atoms. The zero-order valence-electron chi connectivity index (χ0n) is 14.5. The minimum absolute atomic E-state index is 0. The highest BCUT2D eigenvalue weighted by molar-refractivity contribution is 14.0. The number of rotatable bonds is 6. The molecule has 25 heavy (non-hydrogen) atoms. The van der Waals surface area contributed by atoms with E-state index in [1.165, 1.54) is 12.1 Å². The van der Waals surface area contributed by atoms with E-state index in [-0.39, 0.29) is 29.8 Å². The van der Waals surface area contributed by atoms with Crippen molar-refractivity contribution in [1.82, 2.24) is 5.32 Å². The Labute approximate surface area is 164 Å². The fourth-order valence-corrected chi connectivity index (χ4v) is 2.13. The van der Waals surface area contributed by atoms with E-state index in [0.717, 1.165) is 11.3 Å². The number of aliphatic imine (C=N–C) groups is 1. The van der Waals surface area contributed by atoms with Gasteiger partial charge in [-0.1, -0.05) is 12.1 Å². The van der Waals surface area contributed by atoms with Crippen LogP contribution in [-0.4, -0.2) is 26.7 Å².